The highest BCUT2D eigenvalue weighted by Crippen LogP contribution is 2.25. The van der Waals surface area contributed by atoms with Gasteiger partial charge >= 0.3 is 5.97 Å². The third-order valence-electron chi connectivity index (χ3n) is 3.60. The molecule has 0 saturated heterocycles. The summed E-state index contributed by atoms with van der Waals surface area (Å²) in [6.07, 6.45) is 1.38. The minimum atomic E-state index is -0.529. The van der Waals surface area contributed by atoms with Gasteiger partial charge in [0.2, 0.25) is 5.91 Å². The van der Waals surface area contributed by atoms with Crippen LogP contribution in [0.3, 0.4) is 0 Å². The zero-order valence-electron chi connectivity index (χ0n) is 15.4. The van der Waals surface area contributed by atoms with Crippen molar-refractivity contribution in [3.63, 3.8) is 0 Å². The van der Waals surface area contributed by atoms with Crippen LogP contribution in [-0.2, 0) is 9.53 Å². The van der Waals surface area contributed by atoms with E-state index in [2.05, 4.69) is 16.9 Å². The van der Waals surface area contributed by atoms with Crippen molar-refractivity contribution in [3.8, 4) is 5.75 Å². The topological polar surface area (TPSA) is 94.6 Å². The number of aryl methyl sites for hydroxylation is 1. The van der Waals surface area contributed by atoms with Crippen LogP contribution in [0.2, 0.25) is 5.02 Å². The maximum atomic E-state index is 12.4. The number of Topliss-reactive ketones (excluding diaryl/α,β-unsaturated/α-hetero) is 1. The highest BCUT2D eigenvalue weighted by molar-refractivity contribution is 7.17. The predicted molar refractivity (Wildman–Crippen MR) is 108 cm³/mol. The fourth-order valence-electron chi connectivity index (χ4n) is 2.28. The number of amides is 1. The number of aromatic nitrogens is 1. The second kappa shape index (κ2) is 10.0. The molecule has 0 fully saturated rings. The predicted octanol–water partition coefficient (Wildman–Crippen LogP) is 4.06. The molecule has 1 heterocycles. The molecular formula is C19H19ClN2O5S. The number of benzene rings is 1. The fourth-order valence-corrected chi connectivity index (χ4v) is 3.33. The molecule has 1 amide bonds. The number of nitrogens with zero attached hydrogens (tertiary/aromatic N) is 1. The first-order valence-corrected chi connectivity index (χ1v) is 9.47. The molecule has 9 heteroatoms. The maximum absolute atomic E-state index is 12.4. The zero-order valence-corrected chi connectivity index (χ0v) is 17.0. The van der Waals surface area contributed by atoms with E-state index in [9.17, 15) is 14.4 Å². The normalized spacial score (nSPS) is 10.2. The number of thiazole rings is 1. The van der Waals surface area contributed by atoms with Gasteiger partial charge in [0.15, 0.2) is 10.9 Å². The number of esters is 1. The molecule has 0 aliphatic heterocycles. The quantitative estimate of drug-likeness (QED) is 0.372. The summed E-state index contributed by atoms with van der Waals surface area (Å²) >= 11 is 6.94. The molecule has 1 N–H and O–H groups in total. The molecular weight excluding hydrogens is 404 g/mol. The molecule has 0 unspecified atom stereocenters. The Kier molecular flexibility index (Phi) is 7.71. The summed E-state index contributed by atoms with van der Waals surface area (Å²) in [5, 5.41) is 3.26. The number of halogens is 1. The molecule has 1 aromatic carbocycles. The Morgan fingerprint density at radius 2 is 2.07 bits per heavy atom. The summed E-state index contributed by atoms with van der Waals surface area (Å²) in [7, 11) is 1.45. The number of ether oxygens (including phenoxy) is 2. The lowest BCUT2D eigenvalue weighted by molar-refractivity contribution is -0.116. The molecule has 2 aromatic rings. The van der Waals surface area contributed by atoms with Crippen LogP contribution in [0.15, 0.2) is 30.9 Å². The van der Waals surface area contributed by atoms with E-state index in [4.69, 9.17) is 21.1 Å². The highest BCUT2D eigenvalue weighted by Gasteiger charge is 2.19. The number of hydrogen-bond donors (Lipinski definition) is 1. The average Bonchev–Trinajstić information content (AvgIpc) is 3.04. The third kappa shape index (κ3) is 5.64. The molecule has 2 rings (SSSR count). The van der Waals surface area contributed by atoms with Crippen LogP contribution < -0.4 is 10.1 Å². The molecule has 0 spiro atoms. The summed E-state index contributed by atoms with van der Waals surface area (Å²) in [6.45, 7) is 5.21. The number of ketones is 1. The van der Waals surface area contributed by atoms with Gasteiger partial charge in [0.1, 0.15) is 17.2 Å². The molecule has 0 aliphatic carbocycles. The first kappa shape index (κ1) is 21.6. The Labute approximate surface area is 171 Å². The van der Waals surface area contributed by atoms with Crippen LogP contribution >= 0.6 is 22.9 Å². The van der Waals surface area contributed by atoms with Crippen LogP contribution in [-0.4, -0.2) is 36.4 Å². The summed E-state index contributed by atoms with van der Waals surface area (Å²) in [4.78, 5) is 40.9. The van der Waals surface area contributed by atoms with Crippen LogP contribution in [0, 0.1) is 6.92 Å². The van der Waals surface area contributed by atoms with E-state index < -0.39 is 11.9 Å². The van der Waals surface area contributed by atoms with E-state index in [1.807, 2.05) is 0 Å². The lowest BCUT2D eigenvalue weighted by Gasteiger charge is -2.08. The third-order valence-corrected chi connectivity index (χ3v) is 4.89. The lowest BCUT2D eigenvalue weighted by Crippen LogP contribution is -2.13. The van der Waals surface area contributed by atoms with E-state index >= 15 is 0 Å². The van der Waals surface area contributed by atoms with E-state index in [0.29, 0.717) is 26.9 Å². The van der Waals surface area contributed by atoms with Gasteiger partial charge in [-0.25, -0.2) is 9.78 Å². The van der Waals surface area contributed by atoms with Gasteiger partial charge in [0, 0.05) is 17.9 Å². The Morgan fingerprint density at radius 3 is 2.75 bits per heavy atom. The van der Waals surface area contributed by atoms with Crippen LogP contribution in [0.4, 0.5) is 5.13 Å². The van der Waals surface area contributed by atoms with Gasteiger partial charge in [-0.3, -0.25) is 9.59 Å². The molecule has 28 heavy (non-hydrogen) atoms. The van der Waals surface area contributed by atoms with E-state index in [0.717, 1.165) is 11.3 Å². The van der Waals surface area contributed by atoms with E-state index in [1.54, 1.807) is 19.1 Å². The number of anilines is 1. The van der Waals surface area contributed by atoms with Crippen molar-refractivity contribution in [2.75, 3.05) is 19.0 Å². The molecule has 0 atom stereocenters. The van der Waals surface area contributed by atoms with Crippen molar-refractivity contribution < 1.29 is 23.9 Å². The van der Waals surface area contributed by atoms with E-state index in [1.165, 1.54) is 19.3 Å². The molecule has 7 nitrogen and oxygen atoms in total. The highest BCUT2D eigenvalue weighted by atomic mass is 35.5. The minimum Gasteiger partial charge on any atom is -0.496 e. The first-order chi connectivity index (χ1) is 13.3. The van der Waals surface area contributed by atoms with Crippen LogP contribution in [0.5, 0.6) is 5.75 Å². The second-order valence-corrected chi connectivity index (χ2v) is 7.07. The molecule has 148 valence electrons. The van der Waals surface area contributed by atoms with Crippen molar-refractivity contribution in [2.24, 2.45) is 0 Å². The number of carbonyl (C=O) groups excluding carboxylic acids is 3. The van der Waals surface area contributed by atoms with Gasteiger partial charge in [-0.1, -0.05) is 35.6 Å². The SMILES string of the molecule is C=CCOC(=O)c1sc(NC(=O)CCC(=O)c2cc(Cl)ccc2OC)nc1C. The Bertz CT molecular complexity index is 910. The molecule has 1 aromatic heterocycles. The van der Waals surface area contributed by atoms with Crippen molar-refractivity contribution in [2.45, 2.75) is 19.8 Å². The van der Waals surface area contributed by atoms with Gasteiger partial charge in [0.05, 0.1) is 18.4 Å². The zero-order chi connectivity index (χ0) is 20.7. The largest absolute Gasteiger partial charge is 0.496 e. The van der Waals surface area contributed by atoms with Gasteiger partial charge in [-0.05, 0) is 25.1 Å². The number of nitrogens with one attached hydrogen (secondary N) is 1. The van der Waals surface area contributed by atoms with Gasteiger partial charge in [-0.15, -0.1) is 0 Å². The smallest absolute Gasteiger partial charge is 0.350 e. The number of carbonyl (C=O) groups is 3. The molecule has 0 bridgehead atoms. The molecule has 0 radical (unpaired) electrons. The number of rotatable bonds is 9. The van der Waals surface area contributed by atoms with Crippen molar-refractivity contribution in [1.82, 2.24) is 4.98 Å². The monoisotopic (exact) mass is 422 g/mol. The Morgan fingerprint density at radius 1 is 1.32 bits per heavy atom. The Hall–Kier alpha value is -2.71. The molecule has 0 aliphatic rings. The first-order valence-electron chi connectivity index (χ1n) is 8.27. The van der Waals surface area contributed by atoms with Crippen LogP contribution in [0.25, 0.3) is 0 Å². The summed E-state index contributed by atoms with van der Waals surface area (Å²) in [5.41, 5.74) is 0.772. The standard InChI is InChI=1S/C19H19ClN2O5S/c1-4-9-27-18(25)17-11(2)21-19(28-17)22-16(24)8-6-14(23)13-10-12(20)5-7-15(13)26-3/h4-5,7,10H,1,6,8-9H2,2-3H3,(H,21,22,24). The van der Waals surface area contributed by atoms with Gasteiger partial charge in [-0.2, -0.15) is 0 Å². The summed E-state index contributed by atoms with van der Waals surface area (Å²) < 4.78 is 10.1. The second-order valence-electron chi connectivity index (χ2n) is 5.64. The lowest BCUT2D eigenvalue weighted by atomic mass is 10.1. The maximum Gasteiger partial charge on any atom is 0.350 e. The average molecular weight is 423 g/mol. The number of hydrogen-bond acceptors (Lipinski definition) is 7. The Balaban J connectivity index is 1.96. The van der Waals surface area contributed by atoms with E-state index in [-0.39, 0.29) is 30.4 Å². The van der Waals surface area contributed by atoms with Crippen molar-refractivity contribution >= 4 is 45.7 Å². The summed E-state index contributed by atoms with van der Waals surface area (Å²) in [5.74, 6) is -0.792. The molecule has 0 saturated carbocycles. The minimum absolute atomic E-state index is 0.0267. The van der Waals surface area contributed by atoms with Gasteiger partial charge in [0.25, 0.3) is 0 Å². The number of methoxy groups -OCH3 is 1. The summed E-state index contributed by atoms with van der Waals surface area (Å²) in [6, 6.07) is 4.72. The van der Waals surface area contributed by atoms with Gasteiger partial charge < -0.3 is 14.8 Å². The van der Waals surface area contributed by atoms with Crippen molar-refractivity contribution in [3.05, 3.63) is 52.0 Å². The van der Waals surface area contributed by atoms with Crippen molar-refractivity contribution in [1.29, 1.82) is 0 Å². The van der Waals surface area contributed by atoms with Crippen LogP contribution in [0.1, 0.15) is 38.6 Å². The fraction of sp³-hybridized carbons (Fsp3) is 0.263.